The number of rotatable bonds is 4. The molecule has 0 spiro atoms. The van der Waals surface area contributed by atoms with Crippen LogP contribution in [0.1, 0.15) is 38.4 Å². The Kier molecular flexibility index (Phi) is 5.17. The zero-order valence-electron chi connectivity index (χ0n) is 18.1. The number of benzene rings is 1. The van der Waals surface area contributed by atoms with Gasteiger partial charge in [0.05, 0.1) is 39.3 Å². The number of piperidine rings is 1. The molecule has 0 saturated carbocycles. The number of anilines is 3. The van der Waals surface area contributed by atoms with E-state index in [1.54, 1.807) is 6.20 Å². The summed E-state index contributed by atoms with van der Waals surface area (Å²) in [7, 11) is 0. The minimum Gasteiger partial charge on any atom is -0.477 e. The fraction of sp³-hybridized carbons (Fsp3) is 0.333. The van der Waals surface area contributed by atoms with Crippen LogP contribution >= 0.6 is 20.7 Å². The molecule has 1 unspecified atom stereocenters. The van der Waals surface area contributed by atoms with Gasteiger partial charge in [0.25, 0.3) is 5.91 Å². The molecule has 3 aliphatic heterocycles. The Morgan fingerprint density at radius 2 is 2.18 bits per heavy atom. The molecule has 5 N–H and O–H groups in total. The summed E-state index contributed by atoms with van der Waals surface area (Å²) in [6.45, 7) is 2.21. The molecule has 6 rings (SSSR count). The van der Waals surface area contributed by atoms with Crippen LogP contribution in [-0.2, 0) is 6.42 Å². The molecule has 1 aromatic carbocycles. The molecule has 3 aliphatic rings. The van der Waals surface area contributed by atoms with E-state index in [-0.39, 0.29) is 38.4 Å². The van der Waals surface area contributed by atoms with Crippen LogP contribution in [0.3, 0.4) is 0 Å². The first kappa shape index (κ1) is 20.8. The molecular formula is C24H25IN6O2. The summed E-state index contributed by atoms with van der Waals surface area (Å²) in [6, 6.07) is 8.17. The normalized spacial score (nSPS) is 21.3. The monoisotopic (exact) mass is 556 g/mol. The SMILES string of the molecule is Nc1cc2ccc(C3C=I3)cc2nc1C(=O)Nc1cnc2c(c1N1CCC[C@H](N)C1)CCO2. The topological polar surface area (TPSA) is 119 Å². The molecule has 33 heavy (non-hydrogen) atoms. The lowest BCUT2D eigenvalue weighted by Gasteiger charge is -2.34. The van der Waals surface area contributed by atoms with Gasteiger partial charge in [0.15, 0.2) is 5.69 Å². The number of carbonyl (C=O) groups excluding carboxylic acids is 1. The fourth-order valence-electron chi connectivity index (χ4n) is 4.71. The molecule has 170 valence electrons. The number of nitrogen functional groups attached to an aromatic ring is 1. The summed E-state index contributed by atoms with van der Waals surface area (Å²) >= 11 is 0.173. The molecule has 2 atom stereocenters. The highest BCUT2D eigenvalue weighted by Gasteiger charge is 2.28. The van der Waals surface area contributed by atoms with Gasteiger partial charge < -0.3 is 26.4 Å². The van der Waals surface area contributed by atoms with Crippen LogP contribution in [0.5, 0.6) is 5.88 Å². The lowest BCUT2D eigenvalue weighted by Crippen LogP contribution is -2.43. The summed E-state index contributed by atoms with van der Waals surface area (Å²) in [5.74, 6) is 0.297. The van der Waals surface area contributed by atoms with E-state index in [0.29, 0.717) is 27.8 Å². The molecule has 0 aliphatic carbocycles. The number of nitrogens with zero attached hydrogens (tertiary/aromatic N) is 3. The fourth-order valence-corrected chi connectivity index (χ4v) is 6.13. The third-order valence-corrected chi connectivity index (χ3v) is 8.54. The summed E-state index contributed by atoms with van der Waals surface area (Å²) in [5.41, 5.74) is 17.8. The molecule has 5 heterocycles. The molecule has 9 heteroatoms. The molecule has 0 bridgehead atoms. The van der Waals surface area contributed by atoms with Crippen molar-refractivity contribution in [2.75, 3.05) is 35.6 Å². The van der Waals surface area contributed by atoms with E-state index in [1.165, 1.54) is 5.56 Å². The largest absolute Gasteiger partial charge is 0.477 e. The van der Waals surface area contributed by atoms with E-state index >= 15 is 0 Å². The smallest absolute Gasteiger partial charge is 0.276 e. The van der Waals surface area contributed by atoms with Gasteiger partial charge in [-0.15, -0.1) is 20.7 Å². The second-order valence-electron chi connectivity index (χ2n) is 8.74. The number of pyridine rings is 2. The quantitative estimate of drug-likeness (QED) is 0.334. The van der Waals surface area contributed by atoms with E-state index in [2.05, 4.69) is 36.3 Å². The maximum Gasteiger partial charge on any atom is 0.276 e. The maximum atomic E-state index is 13.4. The van der Waals surface area contributed by atoms with Crippen molar-refractivity contribution in [3.8, 4) is 5.88 Å². The molecule has 0 radical (unpaired) electrons. The van der Waals surface area contributed by atoms with Crippen LogP contribution in [0.15, 0.2) is 30.5 Å². The van der Waals surface area contributed by atoms with Crippen molar-refractivity contribution in [2.45, 2.75) is 29.2 Å². The van der Waals surface area contributed by atoms with Crippen molar-refractivity contribution in [3.63, 3.8) is 0 Å². The van der Waals surface area contributed by atoms with Crippen molar-refractivity contribution in [2.24, 2.45) is 5.73 Å². The van der Waals surface area contributed by atoms with Crippen LogP contribution in [0.2, 0.25) is 0 Å². The first-order chi connectivity index (χ1) is 16.1. The molecule has 8 nitrogen and oxygen atoms in total. The predicted molar refractivity (Wildman–Crippen MR) is 140 cm³/mol. The van der Waals surface area contributed by atoms with Crippen molar-refractivity contribution in [1.29, 1.82) is 0 Å². The van der Waals surface area contributed by atoms with Gasteiger partial charge in [-0.2, -0.15) is 0 Å². The summed E-state index contributed by atoms with van der Waals surface area (Å²) in [5, 5.41) is 3.98. The Labute approximate surface area is 201 Å². The average molecular weight is 556 g/mol. The van der Waals surface area contributed by atoms with Gasteiger partial charge >= 0.3 is 0 Å². The molecule has 3 aromatic rings. The van der Waals surface area contributed by atoms with E-state index in [9.17, 15) is 4.79 Å². The van der Waals surface area contributed by atoms with E-state index in [4.69, 9.17) is 16.2 Å². The summed E-state index contributed by atoms with van der Waals surface area (Å²) in [4.78, 5) is 24.7. The van der Waals surface area contributed by atoms with Gasteiger partial charge in [-0.1, -0.05) is 12.1 Å². The predicted octanol–water partition coefficient (Wildman–Crippen LogP) is 3.15. The third kappa shape index (κ3) is 3.93. The number of halogens is 1. The lowest BCUT2D eigenvalue weighted by atomic mass is 10.0. The number of aromatic nitrogens is 2. The first-order valence-electron chi connectivity index (χ1n) is 11.2. The zero-order valence-corrected chi connectivity index (χ0v) is 20.2. The van der Waals surface area contributed by atoms with Crippen LogP contribution in [0.4, 0.5) is 17.1 Å². The van der Waals surface area contributed by atoms with Crippen molar-refractivity contribution < 1.29 is 9.53 Å². The standard InChI is InChI=1S/C24H25IN6O2/c26-15-2-1-6-31(12-15)22-16-5-7-33-24(16)28-11-20(22)30-23(32)21-18(27)8-14-4-3-13(17-10-25-17)9-19(14)29-21/h3-4,8-11,15,17H,1-2,5-7,12,26-27H2,(H,30,32)/t15-,17?/m0/s1. The Morgan fingerprint density at radius 3 is 3.00 bits per heavy atom. The number of alkyl halides is 1. The number of hydrogen-bond acceptors (Lipinski definition) is 7. The summed E-state index contributed by atoms with van der Waals surface area (Å²) < 4.78 is 8.65. The van der Waals surface area contributed by atoms with Crippen LogP contribution in [0, 0.1) is 0 Å². The van der Waals surface area contributed by atoms with E-state index in [1.807, 2.05) is 12.1 Å². The molecular weight excluding hydrogens is 531 g/mol. The Balaban J connectivity index is 1.35. The van der Waals surface area contributed by atoms with E-state index in [0.717, 1.165) is 54.5 Å². The zero-order chi connectivity index (χ0) is 22.5. The number of fused-ring (bicyclic) bond motifs is 2. The Hall–Kier alpha value is -2.79. The highest BCUT2D eigenvalue weighted by molar-refractivity contribution is 14.2. The molecule has 1 amide bonds. The first-order valence-corrected chi connectivity index (χ1v) is 13.7. The Morgan fingerprint density at radius 1 is 1.30 bits per heavy atom. The van der Waals surface area contributed by atoms with Gasteiger partial charge in [0.2, 0.25) is 5.88 Å². The lowest BCUT2D eigenvalue weighted by molar-refractivity contribution is 0.102. The summed E-state index contributed by atoms with van der Waals surface area (Å²) in [6.07, 6.45) is 4.43. The second-order valence-corrected chi connectivity index (χ2v) is 11.5. The highest BCUT2D eigenvalue weighted by atomic mass is 127. The van der Waals surface area contributed by atoms with Gasteiger partial charge in [0, 0.05) is 36.5 Å². The van der Waals surface area contributed by atoms with Crippen LogP contribution < -0.4 is 26.4 Å². The molecule has 2 aromatic heterocycles. The number of amides is 1. The van der Waals surface area contributed by atoms with E-state index < -0.39 is 0 Å². The van der Waals surface area contributed by atoms with Gasteiger partial charge in [-0.3, -0.25) is 4.79 Å². The average Bonchev–Trinajstić information content (AvgIpc) is 3.55. The van der Waals surface area contributed by atoms with Crippen molar-refractivity contribution in [1.82, 2.24) is 9.97 Å². The maximum absolute atomic E-state index is 13.4. The highest BCUT2D eigenvalue weighted by Crippen LogP contribution is 2.41. The van der Waals surface area contributed by atoms with Crippen molar-refractivity contribution >= 4 is 58.6 Å². The minimum atomic E-state index is -0.339. The number of nitrogens with one attached hydrogen (secondary N) is 1. The minimum absolute atomic E-state index is 0.103. The molecule has 1 fully saturated rings. The number of nitrogens with two attached hydrogens (primary N) is 2. The number of carbonyl (C=O) groups is 1. The third-order valence-electron chi connectivity index (χ3n) is 6.38. The number of ether oxygens (including phenoxy) is 1. The Bertz CT molecular complexity index is 1300. The van der Waals surface area contributed by atoms with Gasteiger partial charge in [-0.25, -0.2) is 9.97 Å². The van der Waals surface area contributed by atoms with Gasteiger partial charge in [0.1, 0.15) is 0 Å². The van der Waals surface area contributed by atoms with Crippen LogP contribution in [-0.4, -0.2) is 45.6 Å². The molecule has 1 saturated heterocycles. The van der Waals surface area contributed by atoms with Crippen LogP contribution in [0.25, 0.3) is 10.9 Å². The van der Waals surface area contributed by atoms with Gasteiger partial charge in [-0.05, 0) is 34.5 Å². The number of hydrogen-bond donors (Lipinski definition) is 3. The van der Waals surface area contributed by atoms with Crippen molar-refractivity contribution in [3.05, 3.63) is 47.3 Å². The second kappa shape index (κ2) is 8.21.